The zero-order valence-electron chi connectivity index (χ0n) is 9.87. The third kappa shape index (κ3) is 5.62. The molecule has 1 N–H and O–H groups in total. The van der Waals surface area contributed by atoms with Gasteiger partial charge in [-0.2, -0.15) is 11.8 Å². The van der Waals surface area contributed by atoms with Gasteiger partial charge < -0.3 is 5.11 Å². The fourth-order valence-corrected chi connectivity index (χ4v) is 3.29. The summed E-state index contributed by atoms with van der Waals surface area (Å²) in [6.45, 7) is 6.04. The van der Waals surface area contributed by atoms with Gasteiger partial charge in [-0.1, -0.05) is 38.3 Å². The molecule has 1 rings (SSSR count). The van der Waals surface area contributed by atoms with Crippen LogP contribution in [-0.2, 0) is 0 Å². The van der Waals surface area contributed by atoms with E-state index in [1.807, 2.05) is 11.8 Å². The highest BCUT2D eigenvalue weighted by Gasteiger charge is 2.15. The molecule has 1 unspecified atom stereocenters. The van der Waals surface area contributed by atoms with E-state index in [1.54, 1.807) is 0 Å². The third-order valence-corrected chi connectivity index (χ3v) is 4.62. The molecule has 0 amide bonds. The van der Waals surface area contributed by atoms with Crippen molar-refractivity contribution < 1.29 is 5.11 Å². The number of rotatable bonds is 6. The minimum absolute atomic E-state index is 0.177. The Bertz CT molecular complexity index is 185. The molecule has 0 bridgehead atoms. The fraction of sp³-hybridized carbons (Fsp3) is 0.846. The predicted molar refractivity (Wildman–Crippen MR) is 69.4 cm³/mol. The summed E-state index contributed by atoms with van der Waals surface area (Å²) in [6, 6.07) is 0. The lowest BCUT2D eigenvalue weighted by molar-refractivity contribution is 0.199. The zero-order chi connectivity index (χ0) is 11.1. The van der Waals surface area contributed by atoms with Crippen molar-refractivity contribution in [3.63, 3.8) is 0 Å². The van der Waals surface area contributed by atoms with E-state index in [4.69, 9.17) is 0 Å². The van der Waals surface area contributed by atoms with Gasteiger partial charge in [-0.3, -0.25) is 0 Å². The van der Waals surface area contributed by atoms with Crippen LogP contribution in [0.25, 0.3) is 0 Å². The lowest BCUT2D eigenvalue weighted by Crippen LogP contribution is -2.16. The van der Waals surface area contributed by atoms with E-state index in [1.165, 1.54) is 37.7 Å². The normalized spacial score (nSPS) is 20.1. The second kappa shape index (κ2) is 7.34. The first kappa shape index (κ1) is 13.1. The van der Waals surface area contributed by atoms with Gasteiger partial charge >= 0.3 is 0 Å². The summed E-state index contributed by atoms with van der Waals surface area (Å²) in [7, 11) is 0. The van der Waals surface area contributed by atoms with Crippen molar-refractivity contribution in [2.75, 3.05) is 5.75 Å². The maximum absolute atomic E-state index is 9.80. The van der Waals surface area contributed by atoms with E-state index in [9.17, 15) is 5.11 Å². The SMILES string of the molecule is C=C(CC)CC(O)CSC1CCCCC1. The summed E-state index contributed by atoms with van der Waals surface area (Å²) in [4.78, 5) is 0. The highest BCUT2D eigenvalue weighted by atomic mass is 32.2. The first-order valence-corrected chi connectivity index (χ1v) is 7.23. The van der Waals surface area contributed by atoms with Crippen molar-refractivity contribution in [3.05, 3.63) is 12.2 Å². The van der Waals surface area contributed by atoms with Gasteiger partial charge in [-0.25, -0.2) is 0 Å². The lowest BCUT2D eigenvalue weighted by atomic mass is 10.0. The molecule has 2 heteroatoms. The van der Waals surface area contributed by atoms with Crippen LogP contribution in [0.3, 0.4) is 0 Å². The van der Waals surface area contributed by atoms with Gasteiger partial charge in [0.25, 0.3) is 0 Å². The number of aliphatic hydroxyl groups is 1. The van der Waals surface area contributed by atoms with E-state index in [2.05, 4.69) is 13.5 Å². The zero-order valence-corrected chi connectivity index (χ0v) is 10.7. The Morgan fingerprint density at radius 2 is 2.07 bits per heavy atom. The number of aliphatic hydroxyl groups excluding tert-OH is 1. The molecule has 1 aliphatic carbocycles. The Labute approximate surface area is 98.3 Å². The molecule has 0 heterocycles. The summed E-state index contributed by atoms with van der Waals surface area (Å²) in [5.41, 5.74) is 1.17. The number of hydrogen-bond acceptors (Lipinski definition) is 2. The fourth-order valence-electron chi connectivity index (χ4n) is 2.02. The smallest absolute Gasteiger partial charge is 0.0667 e. The topological polar surface area (TPSA) is 20.2 Å². The molecule has 0 saturated heterocycles. The summed E-state index contributed by atoms with van der Waals surface area (Å²) in [5.74, 6) is 0.893. The van der Waals surface area contributed by atoms with Crippen LogP contribution in [0.5, 0.6) is 0 Å². The quantitative estimate of drug-likeness (QED) is 0.698. The van der Waals surface area contributed by atoms with Crippen LogP contribution in [0.1, 0.15) is 51.9 Å². The Morgan fingerprint density at radius 3 is 2.67 bits per heavy atom. The molecule has 1 saturated carbocycles. The highest BCUT2D eigenvalue weighted by Crippen LogP contribution is 2.29. The van der Waals surface area contributed by atoms with Crippen LogP contribution in [0.4, 0.5) is 0 Å². The summed E-state index contributed by atoms with van der Waals surface area (Å²) < 4.78 is 0. The Morgan fingerprint density at radius 1 is 1.40 bits per heavy atom. The molecular formula is C13H24OS. The molecule has 0 aliphatic heterocycles. The van der Waals surface area contributed by atoms with Crippen molar-refractivity contribution in [1.29, 1.82) is 0 Å². The summed E-state index contributed by atoms with van der Waals surface area (Å²) in [6.07, 6.45) is 8.49. The largest absolute Gasteiger partial charge is 0.392 e. The minimum Gasteiger partial charge on any atom is -0.392 e. The molecule has 0 aromatic heterocycles. The first-order valence-electron chi connectivity index (χ1n) is 6.18. The number of thioether (sulfide) groups is 1. The highest BCUT2D eigenvalue weighted by molar-refractivity contribution is 7.99. The molecule has 1 aliphatic rings. The standard InChI is InChI=1S/C13H24OS/c1-3-11(2)9-12(14)10-15-13-7-5-4-6-8-13/h12-14H,2-10H2,1H3. The van der Waals surface area contributed by atoms with E-state index in [0.29, 0.717) is 0 Å². The van der Waals surface area contributed by atoms with Crippen molar-refractivity contribution in [3.8, 4) is 0 Å². The van der Waals surface area contributed by atoms with E-state index >= 15 is 0 Å². The Hall–Kier alpha value is 0.0500. The first-order chi connectivity index (χ1) is 7.22. The van der Waals surface area contributed by atoms with Crippen LogP contribution in [0.2, 0.25) is 0 Å². The summed E-state index contributed by atoms with van der Waals surface area (Å²) >= 11 is 1.97. The Balaban J connectivity index is 2.09. The van der Waals surface area contributed by atoms with Gasteiger partial charge in [0.2, 0.25) is 0 Å². The second-order valence-corrected chi connectivity index (χ2v) is 5.89. The van der Waals surface area contributed by atoms with Gasteiger partial charge in [0, 0.05) is 11.0 Å². The van der Waals surface area contributed by atoms with Crippen molar-refractivity contribution >= 4 is 11.8 Å². The molecule has 88 valence electrons. The molecule has 0 radical (unpaired) electrons. The van der Waals surface area contributed by atoms with Crippen LogP contribution in [0, 0.1) is 0 Å². The monoisotopic (exact) mass is 228 g/mol. The number of hydrogen-bond donors (Lipinski definition) is 1. The van der Waals surface area contributed by atoms with E-state index in [0.717, 1.165) is 23.8 Å². The van der Waals surface area contributed by atoms with Crippen LogP contribution < -0.4 is 0 Å². The lowest BCUT2D eigenvalue weighted by Gasteiger charge is -2.22. The van der Waals surface area contributed by atoms with Crippen LogP contribution >= 0.6 is 11.8 Å². The average molecular weight is 228 g/mol. The molecule has 0 aromatic carbocycles. The van der Waals surface area contributed by atoms with Gasteiger partial charge in [-0.15, -0.1) is 0 Å². The molecular weight excluding hydrogens is 204 g/mol. The predicted octanol–water partition coefficient (Wildman–Crippen LogP) is 3.77. The van der Waals surface area contributed by atoms with Crippen molar-refractivity contribution in [2.24, 2.45) is 0 Å². The average Bonchev–Trinajstić information content (AvgIpc) is 2.27. The van der Waals surface area contributed by atoms with Gasteiger partial charge in [0.15, 0.2) is 0 Å². The molecule has 1 nitrogen and oxygen atoms in total. The molecule has 1 atom stereocenters. The molecule has 0 spiro atoms. The van der Waals surface area contributed by atoms with E-state index in [-0.39, 0.29) is 6.10 Å². The van der Waals surface area contributed by atoms with Crippen molar-refractivity contribution in [2.45, 2.75) is 63.2 Å². The minimum atomic E-state index is -0.177. The molecule has 0 aromatic rings. The second-order valence-electron chi connectivity index (χ2n) is 4.55. The van der Waals surface area contributed by atoms with E-state index < -0.39 is 0 Å². The summed E-state index contributed by atoms with van der Waals surface area (Å²) in [5, 5.41) is 10.6. The molecule has 15 heavy (non-hydrogen) atoms. The maximum Gasteiger partial charge on any atom is 0.0667 e. The third-order valence-electron chi connectivity index (χ3n) is 3.10. The van der Waals surface area contributed by atoms with Gasteiger partial charge in [0.1, 0.15) is 0 Å². The maximum atomic E-state index is 9.80. The van der Waals surface area contributed by atoms with Gasteiger partial charge in [-0.05, 0) is 25.7 Å². The van der Waals surface area contributed by atoms with Gasteiger partial charge in [0.05, 0.1) is 6.10 Å². The molecule has 1 fully saturated rings. The van der Waals surface area contributed by atoms with Crippen LogP contribution in [-0.4, -0.2) is 22.2 Å². The Kier molecular flexibility index (Phi) is 6.42. The van der Waals surface area contributed by atoms with Crippen LogP contribution in [0.15, 0.2) is 12.2 Å². The van der Waals surface area contributed by atoms with Crippen molar-refractivity contribution in [1.82, 2.24) is 0 Å².